The molecule has 4 heterocycles. The largest absolute Gasteiger partial charge is 0.494 e. The average molecular weight is 821 g/mol. The Morgan fingerprint density at radius 3 is 2.36 bits per heavy atom. The van der Waals surface area contributed by atoms with Gasteiger partial charge in [0.05, 0.1) is 46.6 Å². The number of aliphatic carboxylic acids is 1. The lowest BCUT2D eigenvalue weighted by atomic mass is 9.98. The summed E-state index contributed by atoms with van der Waals surface area (Å²) in [6, 6.07) is 7.57. The van der Waals surface area contributed by atoms with Gasteiger partial charge in [-0.1, -0.05) is 0 Å². The van der Waals surface area contributed by atoms with Crippen LogP contribution in [-0.2, 0) is 16.4 Å². The van der Waals surface area contributed by atoms with E-state index in [0.29, 0.717) is 62.2 Å². The third-order valence-corrected chi connectivity index (χ3v) is 10.4. The van der Waals surface area contributed by atoms with E-state index in [1.54, 1.807) is 43.7 Å². The van der Waals surface area contributed by atoms with Crippen LogP contribution in [0.2, 0.25) is 0 Å². The Morgan fingerprint density at radius 1 is 1.04 bits per heavy atom. The summed E-state index contributed by atoms with van der Waals surface area (Å²) in [7, 11) is 2.91. The molecule has 0 radical (unpaired) electrons. The molecule has 0 amide bonds. The molecule has 5 aromatic rings. The highest BCUT2D eigenvalue weighted by Gasteiger charge is 2.38. The van der Waals surface area contributed by atoms with Gasteiger partial charge in [-0.25, -0.2) is 9.78 Å². The number of carbonyl (C=O) groups is 1. The van der Waals surface area contributed by atoms with Crippen LogP contribution in [0.25, 0.3) is 22.2 Å². The Morgan fingerprint density at radius 2 is 1.74 bits per heavy atom. The zero-order valence-corrected chi connectivity index (χ0v) is 32.0. The van der Waals surface area contributed by atoms with Gasteiger partial charge in [0, 0.05) is 49.0 Å². The number of aromatic nitrogens is 6. The van der Waals surface area contributed by atoms with Crippen LogP contribution in [0.3, 0.4) is 0 Å². The average Bonchev–Trinajstić information content (AvgIpc) is 3.54. The molecule has 19 heteroatoms. The van der Waals surface area contributed by atoms with Crippen LogP contribution in [0.1, 0.15) is 12.8 Å². The number of rotatable bonds is 10. The second kappa shape index (κ2) is 16.5. The number of ether oxygens (including phenoxy) is 2. The number of alkyl halides is 3. The van der Waals surface area contributed by atoms with Crippen LogP contribution < -0.4 is 25.4 Å². The standard InChI is InChI=1S/C32H37BrN9O3P.C2HF3O2/c1-41-12-8-20(9-13-41)19-45-27-15-28(44-3)26(14-22(27)21-16-37-42(2)18-21)39-32-36-17-23(33)31(40-32)38-25-7-6-24-29(35-11-10-34-24)30(25)46(4,5)43;3-2(4,5)1(6)7/h6-7,10-11,14-18,20H,8-9,12-13,19H2,1-5H3,(H2,36,38,39,40);(H,6,7). The summed E-state index contributed by atoms with van der Waals surface area (Å²) >= 11 is 3.57. The minimum Gasteiger partial charge on any atom is -0.494 e. The van der Waals surface area contributed by atoms with Crippen LogP contribution >= 0.6 is 23.1 Å². The number of carboxylic acids is 1. The number of aryl methyl sites for hydroxylation is 1. The molecule has 1 saturated heterocycles. The predicted octanol–water partition coefficient (Wildman–Crippen LogP) is 6.68. The van der Waals surface area contributed by atoms with Crippen molar-refractivity contribution in [2.24, 2.45) is 13.0 Å². The lowest BCUT2D eigenvalue weighted by molar-refractivity contribution is -0.192. The lowest BCUT2D eigenvalue weighted by Crippen LogP contribution is -2.32. The first-order chi connectivity index (χ1) is 25.0. The maximum absolute atomic E-state index is 13.4. The summed E-state index contributed by atoms with van der Waals surface area (Å²) in [5.41, 5.74) is 4.36. The molecule has 1 aliphatic heterocycles. The molecular formula is C34H38BrF3N9O5P. The number of carboxylic acid groups (broad SMARTS) is 1. The number of fused-ring (bicyclic) bond motifs is 1. The van der Waals surface area contributed by atoms with Gasteiger partial charge in [-0.05, 0) is 86.4 Å². The van der Waals surface area contributed by atoms with E-state index >= 15 is 0 Å². The van der Waals surface area contributed by atoms with E-state index in [1.807, 2.05) is 43.7 Å². The molecule has 3 N–H and O–H groups in total. The van der Waals surface area contributed by atoms with Crippen LogP contribution in [0.15, 0.2) is 59.7 Å². The number of hydrogen-bond donors (Lipinski definition) is 3. The molecule has 0 unspecified atom stereocenters. The molecule has 53 heavy (non-hydrogen) atoms. The van der Waals surface area contributed by atoms with Gasteiger partial charge in [0.15, 0.2) is 0 Å². The normalized spacial score (nSPS) is 14.0. The molecule has 0 saturated carbocycles. The van der Waals surface area contributed by atoms with Gasteiger partial charge in [0.1, 0.15) is 30.0 Å². The molecular weight excluding hydrogens is 782 g/mol. The lowest BCUT2D eigenvalue weighted by Gasteiger charge is -2.29. The number of methoxy groups -OCH3 is 1. The highest BCUT2D eigenvalue weighted by Crippen LogP contribution is 2.42. The van der Waals surface area contributed by atoms with Crippen molar-refractivity contribution < 1.29 is 37.1 Å². The monoisotopic (exact) mass is 819 g/mol. The topological polar surface area (TPSA) is 170 Å². The first-order valence-electron chi connectivity index (χ1n) is 16.2. The van der Waals surface area contributed by atoms with Crippen LogP contribution in [0, 0.1) is 5.92 Å². The summed E-state index contributed by atoms with van der Waals surface area (Å²) < 4.78 is 59.8. The number of likely N-dealkylation sites (tertiary alicyclic amines) is 1. The Balaban J connectivity index is 0.000000705. The van der Waals surface area contributed by atoms with Crippen molar-refractivity contribution in [2.45, 2.75) is 19.0 Å². The molecule has 14 nitrogen and oxygen atoms in total. The van der Waals surface area contributed by atoms with Crippen LogP contribution in [0.4, 0.5) is 36.3 Å². The number of piperidine rings is 1. The molecule has 6 rings (SSSR count). The Bertz CT molecular complexity index is 2140. The second-order valence-electron chi connectivity index (χ2n) is 12.7. The fraction of sp³-hybridized carbons (Fsp3) is 0.353. The summed E-state index contributed by atoms with van der Waals surface area (Å²) in [4.78, 5) is 29.4. The second-order valence-corrected chi connectivity index (χ2v) is 16.7. The molecule has 282 valence electrons. The van der Waals surface area contributed by atoms with Crippen LogP contribution in [0.5, 0.6) is 11.5 Å². The zero-order valence-electron chi connectivity index (χ0n) is 29.5. The number of hydrogen-bond acceptors (Lipinski definition) is 12. The van der Waals surface area contributed by atoms with E-state index in [-0.39, 0.29) is 0 Å². The minimum atomic E-state index is -5.08. The first kappa shape index (κ1) is 39.4. The highest BCUT2D eigenvalue weighted by molar-refractivity contribution is 9.10. The number of anilines is 4. The molecule has 0 spiro atoms. The van der Waals surface area contributed by atoms with Gasteiger partial charge in [0.2, 0.25) is 5.95 Å². The smallest absolute Gasteiger partial charge is 0.490 e. The molecule has 1 fully saturated rings. The Labute approximate surface area is 311 Å². The van der Waals surface area contributed by atoms with E-state index in [0.717, 1.165) is 42.8 Å². The van der Waals surface area contributed by atoms with Crippen molar-refractivity contribution in [1.82, 2.24) is 34.6 Å². The van der Waals surface area contributed by atoms with E-state index in [1.165, 1.54) is 0 Å². The summed E-state index contributed by atoms with van der Waals surface area (Å²) in [5, 5.41) is 18.8. The van der Waals surface area contributed by atoms with Gasteiger partial charge in [-0.15, -0.1) is 0 Å². The third-order valence-electron chi connectivity index (χ3n) is 8.27. The van der Waals surface area contributed by atoms with Gasteiger partial charge in [-0.3, -0.25) is 14.6 Å². The Kier molecular flexibility index (Phi) is 12.2. The maximum Gasteiger partial charge on any atom is 0.490 e. The van der Waals surface area contributed by atoms with Gasteiger partial charge < -0.3 is 34.7 Å². The van der Waals surface area contributed by atoms with E-state index in [9.17, 15) is 17.7 Å². The third kappa shape index (κ3) is 10.00. The highest BCUT2D eigenvalue weighted by atomic mass is 79.9. The fourth-order valence-electron chi connectivity index (χ4n) is 5.60. The van der Waals surface area contributed by atoms with Gasteiger partial charge >= 0.3 is 12.1 Å². The van der Waals surface area contributed by atoms with Crippen molar-refractivity contribution in [1.29, 1.82) is 0 Å². The summed E-state index contributed by atoms with van der Waals surface area (Å²) in [5.74, 6) is -0.135. The van der Waals surface area contributed by atoms with E-state index < -0.39 is 19.3 Å². The van der Waals surface area contributed by atoms with Crippen molar-refractivity contribution >= 4 is 68.5 Å². The number of halogens is 4. The minimum absolute atomic E-state index is 0.333. The number of nitrogens with zero attached hydrogens (tertiary/aromatic N) is 7. The maximum atomic E-state index is 13.4. The molecule has 1 aliphatic rings. The van der Waals surface area contributed by atoms with Crippen molar-refractivity contribution in [3.8, 4) is 22.6 Å². The van der Waals surface area contributed by atoms with Crippen LogP contribution in [-0.4, -0.2) is 99.1 Å². The molecule has 0 aliphatic carbocycles. The Hall–Kier alpha value is -4.80. The molecule has 2 aromatic carbocycles. The van der Waals surface area contributed by atoms with E-state index in [4.69, 9.17) is 24.4 Å². The number of nitrogens with one attached hydrogen (secondary N) is 2. The van der Waals surface area contributed by atoms with Gasteiger partial charge in [-0.2, -0.15) is 23.3 Å². The fourth-order valence-corrected chi connectivity index (χ4v) is 7.28. The van der Waals surface area contributed by atoms with Gasteiger partial charge in [0.25, 0.3) is 0 Å². The molecule has 3 aromatic heterocycles. The molecule has 0 atom stereocenters. The number of benzene rings is 2. The summed E-state index contributed by atoms with van der Waals surface area (Å²) in [6.45, 7) is 6.22. The summed E-state index contributed by atoms with van der Waals surface area (Å²) in [6.07, 6.45) is 5.78. The SMILES string of the molecule is COc1cc(OCC2CCN(C)CC2)c(-c2cnn(C)c2)cc1Nc1ncc(Br)c(Nc2ccc3nccnc3c2P(C)(C)=O)n1.O=C(O)C(F)(F)F. The van der Waals surface area contributed by atoms with Crippen molar-refractivity contribution in [3.05, 3.63) is 59.7 Å². The predicted molar refractivity (Wildman–Crippen MR) is 200 cm³/mol. The molecule has 0 bridgehead atoms. The zero-order chi connectivity index (χ0) is 38.5. The van der Waals surface area contributed by atoms with Crippen molar-refractivity contribution in [2.75, 3.05) is 57.8 Å². The first-order valence-corrected chi connectivity index (χ1v) is 19.6. The quantitative estimate of drug-likeness (QED) is 0.128. The van der Waals surface area contributed by atoms with Crippen molar-refractivity contribution in [3.63, 3.8) is 0 Å². The van der Waals surface area contributed by atoms with E-state index in [2.05, 4.69) is 58.6 Å².